The van der Waals surface area contributed by atoms with Crippen molar-refractivity contribution in [3.8, 4) is 0 Å². The smallest absolute Gasteiger partial charge is 0.0651 e. The van der Waals surface area contributed by atoms with Crippen molar-refractivity contribution in [3.05, 3.63) is 24.3 Å². The standard InChI is InChI=1S/C16H26O/c1-14-8-3-2-4-9-15-11-7-12-16(15)10-5-6-13-17-14/h4-6,9,14-16H,2-3,7-8,10-13H2,1H3/b6-5+,9-4+. The van der Waals surface area contributed by atoms with E-state index in [0.717, 1.165) is 18.4 Å². The quantitative estimate of drug-likeness (QED) is 0.561. The van der Waals surface area contributed by atoms with E-state index in [4.69, 9.17) is 4.74 Å². The Labute approximate surface area is 106 Å². The molecule has 0 amide bonds. The van der Waals surface area contributed by atoms with Crippen LogP contribution in [0.3, 0.4) is 0 Å². The van der Waals surface area contributed by atoms with E-state index >= 15 is 0 Å². The second-order valence-corrected chi connectivity index (χ2v) is 5.56. The largest absolute Gasteiger partial charge is 0.374 e. The molecule has 1 saturated carbocycles. The molecule has 0 N–H and O–H groups in total. The van der Waals surface area contributed by atoms with Crippen LogP contribution in [-0.4, -0.2) is 12.7 Å². The zero-order valence-corrected chi connectivity index (χ0v) is 11.1. The maximum atomic E-state index is 5.76. The summed E-state index contributed by atoms with van der Waals surface area (Å²) in [6, 6.07) is 0. The summed E-state index contributed by atoms with van der Waals surface area (Å²) in [7, 11) is 0. The van der Waals surface area contributed by atoms with Gasteiger partial charge in [0.25, 0.3) is 0 Å². The van der Waals surface area contributed by atoms with Gasteiger partial charge in [-0.15, -0.1) is 0 Å². The molecule has 1 heterocycles. The molecule has 17 heavy (non-hydrogen) atoms. The van der Waals surface area contributed by atoms with Crippen molar-refractivity contribution < 1.29 is 4.74 Å². The Morgan fingerprint density at radius 2 is 1.94 bits per heavy atom. The Morgan fingerprint density at radius 3 is 2.88 bits per heavy atom. The van der Waals surface area contributed by atoms with Crippen molar-refractivity contribution in [3.63, 3.8) is 0 Å². The number of hydrogen-bond donors (Lipinski definition) is 0. The van der Waals surface area contributed by atoms with Crippen molar-refractivity contribution in [2.75, 3.05) is 6.61 Å². The van der Waals surface area contributed by atoms with Gasteiger partial charge in [-0.25, -0.2) is 0 Å². The van der Waals surface area contributed by atoms with Gasteiger partial charge in [0.1, 0.15) is 0 Å². The highest BCUT2D eigenvalue weighted by Crippen LogP contribution is 2.35. The predicted octanol–water partition coefficient (Wildman–Crippen LogP) is 4.49. The maximum absolute atomic E-state index is 5.76. The van der Waals surface area contributed by atoms with Crippen LogP contribution in [0.1, 0.15) is 51.9 Å². The van der Waals surface area contributed by atoms with Crippen LogP contribution in [0.25, 0.3) is 0 Å². The Kier molecular flexibility index (Phi) is 5.31. The molecule has 0 bridgehead atoms. The van der Waals surface area contributed by atoms with Gasteiger partial charge < -0.3 is 4.74 Å². The van der Waals surface area contributed by atoms with Crippen LogP contribution in [0.2, 0.25) is 0 Å². The first kappa shape index (κ1) is 12.9. The number of rotatable bonds is 0. The normalized spacial score (nSPS) is 39.5. The molecule has 0 radical (unpaired) electrons. The molecule has 1 fully saturated rings. The van der Waals surface area contributed by atoms with Crippen LogP contribution in [0.4, 0.5) is 0 Å². The second-order valence-electron chi connectivity index (χ2n) is 5.56. The SMILES string of the molecule is CC1CCC/C=C/C2CCCC2C/C=C/CO1. The zero-order valence-electron chi connectivity index (χ0n) is 11.1. The minimum Gasteiger partial charge on any atom is -0.374 e. The summed E-state index contributed by atoms with van der Waals surface area (Å²) in [6.45, 7) is 2.98. The lowest BCUT2D eigenvalue weighted by Gasteiger charge is -2.13. The van der Waals surface area contributed by atoms with E-state index in [2.05, 4.69) is 31.2 Å². The molecule has 0 saturated heterocycles. The van der Waals surface area contributed by atoms with Crippen LogP contribution in [0.5, 0.6) is 0 Å². The van der Waals surface area contributed by atoms with E-state index in [1.165, 1.54) is 44.9 Å². The molecule has 1 aliphatic carbocycles. The summed E-state index contributed by atoms with van der Waals surface area (Å²) in [5.41, 5.74) is 0. The fraction of sp³-hybridized carbons (Fsp3) is 0.750. The summed E-state index contributed by atoms with van der Waals surface area (Å²) in [5, 5.41) is 0. The predicted molar refractivity (Wildman–Crippen MR) is 73.0 cm³/mol. The molecule has 96 valence electrons. The highest BCUT2D eigenvalue weighted by molar-refractivity contribution is 4.98. The third kappa shape index (κ3) is 4.31. The molecule has 0 spiro atoms. The van der Waals surface area contributed by atoms with Gasteiger partial charge in [-0.3, -0.25) is 0 Å². The van der Waals surface area contributed by atoms with E-state index in [1.807, 2.05) is 0 Å². The van der Waals surface area contributed by atoms with Crippen LogP contribution in [0.15, 0.2) is 24.3 Å². The molecule has 1 aliphatic heterocycles. The summed E-state index contributed by atoms with van der Waals surface area (Å²) < 4.78 is 5.76. The lowest BCUT2D eigenvalue weighted by Crippen LogP contribution is -2.07. The van der Waals surface area contributed by atoms with Crippen molar-refractivity contribution in [1.29, 1.82) is 0 Å². The average molecular weight is 234 g/mol. The Bertz CT molecular complexity index is 267. The van der Waals surface area contributed by atoms with Crippen LogP contribution in [0, 0.1) is 11.8 Å². The third-order valence-electron chi connectivity index (χ3n) is 4.17. The first-order valence-electron chi connectivity index (χ1n) is 7.29. The topological polar surface area (TPSA) is 9.23 Å². The summed E-state index contributed by atoms with van der Waals surface area (Å²) >= 11 is 0. The van der Waals surface area contributed by atoms with Gasteiger partial charge in [-0.1, -0.05) is 30.7 Å². The lowest BCUT2D eigenvalue weighted by atomic mass is 9.92. The fourth-order valence-electron chi connectivity index (χ4n) is 3.05. The molecule has 3 atom stereocenters. The zero-order chi connectivity index (χ0) is 11.9. The van der Waals surface area contributed by atoms with E-state index < -0.39 is 0 Å². The Morgan fingerprint density at radius 1 is 1.00 bits per heavy atom. The van der Waals surface area contributed by atoms with Gasteiger partial charge in [-0.2, -0.15) is 0 Å². The molecule has 2 aliphatic rings. The molecular weight excluding hydrogens is 208 g/mol. The van der Waals surface area contributed by atoms with Gasteiger partial charge in [0.15, 0.2) is 0 Å². The van der Waals surface area contributed by atoms with Gasteiger partial charge in [0.05, 0.1) is 12.7 Å². The summed E-state index contributed by atoms with van der Waals surface area (Å²) in [6.07, 6.45) is 19.0. The first-order chi connectivity index (χ1) is 8.36. The van der Waals surface area contributed by atoms with Crippen molar-refractivity contribution in [1.82, 2.24) is 0 Å². The van der Waals surface area contributed by atoms with Gasteiger partial charge in [-0.05, 0) is 57.3 Å². The number of hydrogen-bond acceptors (Lipinski definition) is 1. The first-order valence-corrected chi connectivity index (χ1v) is 7.29. The number of fused-ring (bicyclic) bond motifs is 1. The minimum atomic E-state index is 0.410. The second kappa shape index (κ2) is 7.00. The molecule has 1 heteroatoms. The average Bonchev–Trinajstić information content (AvgIpc) is 2.75. The monoisotopic (exact) mass is 234 g/mol. The molecule has 3 unspecified atom stereocenters. The lowest BCUT2D eigenvalue weighted by molar-refractivity contribution is 0.0804. The van der Waals surface area contributed by atoms with Crippen molar-refractivity contribution >= 4 is 0 Å². The van der Waals surface area contributed by atoms with Gasteiger partial charge >= 0.3 is 0 Å². The Balaban J connectivity index is 1.91. The number of ether oxygens (including phenoxy) is 1. The van der Waals surface area contributed by atoms with Gasteiger partial charge in [0.2, 0.25) is 0 Å². The van der Waals surface area contributed by atoms with Crippen molar-refractivity contribution in [2.24, 2.45) is 11.8 Å². The highest BCUT2D eigenvalue weighted by atomic mass is 16.5. The van der Waals surface area contributed by atoms with Crippen LogP contribution >= 0.6 is 0 Å². The van der Waals surface area contributed by atoms with Crippen LogP contribution in [-0.2, 0) is 4.74 Å². The highest BCUT2D eigenvalue weighted by Gasteiger charge is 2.23. The van der Waals surface area contributed by atoms with E-state index in [-0.39, 0.29) is 0 Å². The van der Waals surface area contributed by atoms with Crippen molar-refractivity contribution in [2.45, 2.75) is 58.0 Å². The Hall–Kier alpha value is -0.560. The minimum absolute atomic E-state index is 0.410. The summed E-state index contributed by atoms with van der Waals surface area (Å²) in [4.78, 5) is 0. The maximum Gasteiger partial charge on any atom is 0.0651 e. The molecule has 2 rings (SSSR count). The molecule has 0 aromatic rings. The molecule has 1 nitrogen and oxygen atoms in total. The van der Waals surface area contributed by atoms with Gasteiger partial charge in [0, 0.05) is 0 Å². The van der Waals surface area contributed by atoms with E-state index in [9.17, 15) is 0 Å². The summed E-state index contributed by atoms with van der Waals surface area (Å²) in [5.74, 6) is 1.74. The van der Waals surface area contributed by atoms with E-state index in [1.54, 1.807) is 0 Å². The number of allylic oxidation sites excluding steroid dienone is 3. The molecule has 0 aromatic heterocycles. The van der Waals surface area contributed by atoms with E-state index in [0.29, 0.717) is 6.10 Å². The van der Waals surface area contributed by atoms with Crippen LogP contribution < -0.4 is 0 Å². The third-order valence-corrected chi connectivity index (χ3v) is 4.17. The molecule has 0 aromatic carbocycles. The fourth-order valence-corrected chi connectivity index (χ4v) is 3.05. The molecular formula is C16H26O.